The van der Waals surface area contributed by atoms with Crippen LogP contribution in [0.25, 0.3) is 11.1 Å². The van der Waals surface area contributed by atoms with E-state index < -0.39 is 5.76 Å². The van der Waals surface area contributed by atoms with Crippen LogP contribution in [-0.4, -0.2) is 17.0 Å². The molecule has 5 heteroatoms. The largest absolute Gasteiger partial charge is 0.419 e. The van der Waals surface area contributed by atoms with Crippen molar-refractivity contribution in [1.82, 2.24) is 9.88 Å². The Morgan fingerprint density at radius 3 is 2.70 bits per heavy atom. The van der Waals surface area contributed by atoms with Gasteiger partial charge >= 0.3 is 5.76 Å². The zero-order valence-corrected chi connectivity index (χ0v) is 12.9. The van der Waals surface area contributed by atoms with E-state index in [2.05, 4.69) is 5.32 Å². The second kappa shape index (κ2) is 6.52. The molecule has 3 rings (SSSR count). The highest BCUT2D eigenvalue weighted by molar-refractivity contribution is 5.81. The molecule has 0 unspecified atom stereocenters. The number of benzene rings is 2. The van der Waals surface area contributed by atoms with Crippen LogP contribution in [0.2, 0.25) is 0 Å². The molecule has 0 atom stereocenters. The molecule has 5 nitrogen and oxygen atoms in total. The van der Waals surface area contributed by atoms with Gasteiger partial charge in [0.2, 0.25) is 5.91 Å². The van der Waals surface area contributed by atoms with Gasteiger partial charge in [-0.1, -0.05) is 36.4 Å². The highest BCUT2D eigenvalue weighted by Crippen LogP contribution is 2.14. The molecular formula is C18H18N2O3. The minimum Gasteiger partial charge on any atom is -0.408 e. The smallest absolute Gasteiger partial charge is 0.408 e. The van der Waals surface area contributed by atoms with Gasteiger partial charge in [-0.25, -0.2) is 4.79 Å². The van der Waals surface area contributed by atoms with Crippen molar-refractivity contribution in [3.05, 3.63) is 70.2 Å². The summed E-state index contributed by atoms with van der Waals surface area (Å²) in [5, 5.41) is 2.92. The fourth-order valence-corrected chi connectivity index (χ4v) is 2.52. The van der Waals surface area contributed by atoms with Crippen molar-refractivity contribution in [1.29, 1.82) is 0 Å². The summed E-state index contributed by atoms with van der Waals surface area (Å²) >= 11 is 0. The molecule has 0 aliphatic rings. The molecule has 1 amide bonds. The van der Waals surface area contributed by atoms with E-state index in [1.807, 2.05) is 42.5 Å². The first kappa shape index (κ1) is 15.1. The molecule has 0 saturated heterocycles. The molecule has 0 radical (unpaired) electrons. The third-order valence-corrected chi connectivity index (χ3v) is 3.80. The first-order valence-electron chi connectivity index (χ1n) is 7.52. The standard InChI is InChI=1S/C18H18N2O3/c1-20-15-11-14(7-8-16(15)23-18(20)22)12-17(21)19-10-9-13-5-3-2-4-6-13/h2-8,11H,9-10,12H2,1H3,(H,19,21). The summed E-state index contributed by atoms with van der Waals surface area (Å²) in [5.41, 5.74) is 3.28. The minimum absolute atomic E-state index is 0.0335. The van der Waals surface area contributed by atoms with Crippen molar-refractivity contribution in [2.24, 2.45) is 7.05 Å². The Labute approximate surface area is 133 Å². The average molecular weight is 310 g/mol. The van der Waals surface area contributed by atoms with Gasteiger partial charge in [-0.05, 0) is 29.7 Å². The van der Waals surface area contributed by atoms with E-state index >= 15 is 0 Å². The summed E-state index contributed by atoms with van der Waals surface area (Å²) in [6.45, 7) is 0.606. The molecule has 118 valence electrons. The zero-order valence-electron chi connectivity index (χ0n) is 12.9. The number of carbonyl (C=O) groups excluding carboxylic acids is 1. The Morgan fingerprint density at radius 2 is 1.91 bits per heavy atom. The zero-order chi connectivity index (χ0) is 16.2. The van der Waals surface area contributed by atoms with E-state index in [4.69, 9.17) is 4.42 Å². The maximum absolute atomic E-state index is 12.0. The monoisotopic (exact) mass is 310 g/mol. The van der Waals surface area contributed by atoms with E-state index in [0.717, 1.165) is 12.0 Å². The summed E-state index contributed by atoms with van der Waals surface area (Å²) < 4.78 is 6.52. The molecule has 0 fully saturated rings. The van der Waals surface area contributed by atoms with Gasteiger partial charge in [0, 0.05) is 13.6 Å². The van der Waals surface area contributed by atoms with Crippen LogP contribution in [0, 0.1) is 0 Å². The van der Waals surface area contributed by atoms with Gasteiger partial charge < -0.3 is 9.73 Å². The second-order valence-corrected chi connectivity index (χ2v) is 5.49. The van der Waals surface area contributed by atoms with Crippen LogP contribution < -0.4 is 11.1 Å². The van der Waals surface area contributed by atoms with E-state index in [1.165, 1.54) is 10.1 Å². The lowest BCUT2D eigenvalue weighted by Crippen LogP contribution is -2.27. The first-order valence-corrected chi connectivity index (χ1v) is 7.52. The summed E-state index contributed by atoms with van der Waals surface area (Å²) in [4.78, 5) is 23.5. The van der Waals surface area contributed by atoms with Crippen LogP contribution in [0.3, 0.4) is 0 Å². The normalized spacial score (nSPS) is 10.8. The number of amides is 1. The van der Waals surface area contributed by atoms with Gasteiger partial charge in [0.25, 0.3) is 0 Å². The summed E-state index contributed by atoms with van der Waals surface area (Å²) in [6, 6.07) is 15.4. The number of nitrogens with zero attached hydrogens (tertiary/aromatic N) is 1. The quantitative estimate of drug-likeness (QED) is 0.784. The third-order valence-electron chi connectivity index (χ3n) is 3.80. The van der Waals surface area contributed by atoms with E-state index in [9.17, 15) is 9.59 Å². The molecule has 1 N–H and O–H groups in total. The fraction of sp³-hybridized carbons (Fsp3) is 0.222. The van der Waals surface area contributed by atoms with E-state index in [-0.39, 0.29) is 12.3 Å². The number of nitrogens with one attached hydrogen (secondary N) is 1. The van der Waals surface area contributed by atoms with Crippen LogP contribution in [0.1, 0.15) is 11.1 Å². The van der Waals surface area contributed by atoms with Crippen molar-refractivity contribution in [2.45, 2.75) is 12.8 Å². The first-order chi connectivity index (χ1) is 11.1. The Morgan fingerprint density at radius 1 is 1.13 bits per heavy atom. The number of aromatic nitrogens is 1. The highest BCUT2D eigenvalue weighted by Gasteiger charge is 2.09. The highest BCUT2D eigenvalue weighted by atomic mass is 16.4. The molecule has 0 aliphatic heterocycles. The maximum Gasteiger partial charge on any atom is 0.419 e. The van der Waals surface area contributed by atoms with Crippen molar-refractivity contribution in [3.63, 3.8) is 0 Å². The summed E-state index contributed by atoms with van der Waals surface area (Å²) in [6.07, 6.45) is 1.09. The minimum atomic E-state index is -0.399. The van der Waals surface area contributed by atoms with E-state index in [1.54, 1.807) is 13.1 Å². The van der Waals surface area contributed by atoms with Crippen LogP contribution in [0.15, 0.2) is 57.7 Å². The van der Waals surface area contributed by atoms with Crippen molar-refractivity contribution >= 4 is 17.0 Å². The predicted molar refractivity (Wildman–Crippen MR) is 88.3 cm³/mol. The lowest BCUT2D eigenvalue weighted by atomic mass is 10.1. The third kappa shape index (κ3) is 3.51. The average Bonchev–Trinajstić information content (AvgIpc) is 2.83. The summed E-state index contributed by atoms with van der Waals surface area (Å²) in [7, 11) is 1.65. The topological polar surface area (TPSA) is 64.2 Å². The lowest BCUT2D eigenvalue weighted by molar-refractivity contribution is -0.120. The molecule has 0 aliphatic carbocycles. The van der Waals surface area contributed by atoms with Crippen molar-refractivity contribution in [2.75, 3.05) is 6.54 Å². The maximum atomic E-state index is 12.0. The number of carbonyl (C=O) groups is 1. The van der Waals surface area contributed by atoms with E-state index in [0.29, 0.717) is 17.6 Å². The number of hydrogen-bond donors (Lipinski definition) is 1. The number of fused-ring (bicyclic) bond motifs is 1. The van der Waals surface area contributed by atoms with Crippen molar-refractivity contribution < 1.29 is 9.21 Å². The molecule has 0 bridgehead atoms. The van der Waals surface area contributed by atoms with Crippen LogP contribution in [-0.2, 0) is 24.7 Å². The molecule has 1 heterocycles. The van der Waals surface area contributed by atoms with Crippen LogP contribution in [0.5, 0.6) is 0 Å². The van der Waals surface area contributed by atoms with Gasteiger partial charge in [0.05, 0.1) is 11.9 Å². The summed E-state index contributed by atoms with van der Waals surface area (Å²) in [5.74, 6) is -0.432. The van der Waals surface area contributed by atoms with Gasteiger partial charge in [-0.2, -0.15) is 0 Å². The number of oxazole rings is 1. The van der Waals surface area contributed by atoms with Gasteiger partial charge in [0.15, 0.2) is 5.58 Å². The number of aryl methyl sites for hydroxylation is 1. The number of hydrogen-bond acceptors (Lipinski definition) is 3. The Bertz CT molecular complexity index is 878. The SMILES string of the molecule is Cn1c(=O)oc2ccc(CC(=O)NCCc3ccccc3)cc21. The Hall–Kier alpha value is -2.82. The molecule has 1 aromatic heterocycles. The van der Waals surface area contributed by atoms with Crippen LogP contribution in [0.4, 0.5) is 0 Å². The lowest BCUT2D eigenvalue weighted by Gasteiger charge is -2.06. The molecule has 2 aromatic carbocycles. The molecule has 3 aromatic rings. The Kier molecular flexibility index (Phi) is 4.28. The van der Waals surface area contributed by atoms with Gasteiger partial charge in [0.1, 0.15) is 0 Å². The van der Waals surface area contributed by atoms with Gasteiger partial charge in [-0.3, -0.25) is 9.36 Å². The van der Waals surface area contributed by atoms with Gasteiger partial charge in [-0.15, -0.1) is 0 Å². The van der Waals surface area contributed by atoms with Crippen LogP contribution >= 0.6 is 0 Å². The van der Waals surface area contributed by atoms with Crippen molar-refractivity contribution in [3.8, 4) is 0 Å². The molecule has 0 saturated carbocycles. The molecule has 23 heavy (non-hydrogen) atoms. The second-order valence-electron chi connectivity index (χ2n) is 5.49. The fourth-order valence-electron chi connectivity index (χ4n) is 2.52. The number of rotatable bonds is 5. The molecule has 0 spiro atoms. The predicted octanol–water partition coefficient (Wildman–Crippen LogP) is 2.03. The Balaban J connectivity index is 1.59. The molecular weight excluding hydrogens is 292 g/mol.